The Morgan fingerprint density at radius 1 is 1.06 bits per heavy atom. The van der Waals surface area contributed by atoms with E-state index < -0.39 is 12.2 Å². The highest BCUT2D eigenvalue weighted by Crippen LogP contribution is 2.54. The summed E-state index contributed by atoms with van der Waals surface area (Å²) in [5, 5.41) is 3.63. The Morgan fingerprint density at radius 2 is 1.80 bits per heavy atom. The zero-order valence-corrected chi connectivity index (χ0v) is 19.1. The van der Waals surface area contributed by atoms with E-state index in [-0.39, 0.29) is 23.6 Å². The highest BCUT2D eigenvalue weighted by atomic mass is 19.4. The average Bonchev–Trinajstić information content (AvgIpc) is 3.38. The predicted octanol–water partition coefficient (Wildman–Crippen LogP) is 6.46. The van der Waals surface area contributed by atoms with Crippen LogP contribution >= 0.6 is 0 Å². The van der Waals surface area contributed by atoms with Crippen LogP contribution in [0.5, 0.6) is 5.88 Å². The zero-order valence-electron chi connectivity index (χ0n) is 19.1. The van der Waals surface area contributed by atoms with Gasteiger partial charge < -0.3 is 10.1 Å². The lowest BCUT2D eigenvalue weighted by molar-refractivity contribution is -0.276. The molecule has 0 saturated heterocycles. The van der Waals surface area contributed by atoms with Gasteiger partial charge in [-0.25, -0.2) is 9.37 Å². The molecule has 9 heteroatoms. The van der Waals surface area contributed by atoms with Gasteiger partial charge in [0.1, 0.15) is 5.82 Å². The fourth-order valence-corrected chi connectivity index (χ4v) is 5.92. The molecule has 3 aromatic rings. The number of nitrogens with zero attached hydrogens (tertiary/aromatic N) is 2. The van der Waals surface area contributed by atoms with E-state index in [4.69, 9.17) is 0 Å². The molecular formula is C26H25F4N3O2. The van der Waals surface area contributed by atoms with E-state index in [2.05, 4.69) is 20.0 Å². The number of alkyl halides is 3. The number of rotatable bonds is 5. The van der Waals surface area contributed by atoms with Crippen molar-refractivity contribution in [3.63, 3.8) is 0 Å². The lowest BCUT2D eigenvalue weighted by atomic mass is 9.86. The van der Waals surface area contributed by atoms with Crippen LogP contribution in [0.2, 0.25) is 0 Å². The third-order valence-electron chi connectivity index (χ3n) is 7.57. The molecule has 0 unspecified atom stereocenters. The van der Waals surface area contributed by atoms with Crippen LogP contribution in [0.1, 0.15) is 44.1 Å². The first-order valence-electron chi connectivity index (χ1n) is 11.7. The van der Waals surface area contributed by atoms with Crippen LogP contribution in [0.3, 0.4) is 0 Å². The first kappa shape index (κ1) is 23.5. The van der Waals surface area contributed by atoms with Crippen molar-refractivity contribution >= 4 is 22.5 Å². The third kappa shape index (κ3) is 5.09. The lowest BCUT2D eigenvalue weighted by Gasteiger charge is -2.21. The smallest absolute Gasteiger partial charge is 0.388 e. The number of ether oxygens (including phenoxy) is 1. The van der Waals surface area contributed by atoms with E-state index in [1.54, 1.807) is 18.3 Å². The molecule has 5 nitrogen and oxygen atoms in total. The van der Waals surface area contributed by atoms with Crippen molar-refractivity contribution in [1.29, 1.82) is 0 Å². The van der Waals surface area contributed by atoms with Crippen LogP contribution in [0.15, 0.2) is 48.8 Å². The molecule has 1 amide bonds. The van der Waals surface area contributed by atoms with Crippen LogP contribution in [0.25, 0.3) is 10.9 Å². The fourth-order valence-electron chi connectivity index (χ4n) is 5.92. The van der Waals surface area contributed by atoms with Gasteiger partial charge in [-0.15, -0.1) is 13.2 Å². The van der Waals surface area contributed by atoms with E-state index in [1.165, 1.54) is 12.1 Å². The first-order chi connectivity index (χ1) is 16.7. The topological polar surface area (TPSA) is 64.1 Å². The summed E-state index contributed by atoms with van der Waals surface area (Å²) in [6.45, 7) is 1.90. The fraction of sp³-hybridized carbons (Fsp3) is 0.423. The number of pyridine rings is 2. The average molecular weight is 487 g/mol. The molecule has 2 saturated carbocycles. The number of carbonyl (C=O) groups is 1. The van der Waals surface area contributed by atoms with Crippen LogP contribution in [-0.4, -0.2) is 22.2 Å². The van der Waals surface area contributed by atoms with E-state index in [9.17, 15) is 22.4 Å². The largest absolute Gasteiger partial charge is 0.574 e. The maximum Gasteiger partial charge on any atom is 0.574 e. The molecule has 2 heterocycles. The molecule has 0 aliphatic heterocycles. The van der Waals surface area contributed by atoms with Gasteiger partial charge in [-0.1, -0.05) is 6.92 Å². The van der Waals surface area contributed by atoms with Crippen molar-refractivity contribution in [1.82, 2.24) is 9.97 Å². The minimum atomic E-state index is -4.81. The number of hydrogen-bond acceptors (Lipinski definition) is 4. The van der Waals surface area contributed by atoms with Crippen LogP contribution in [0.4, 0.5) is 23.2 Å². The van der Waals surface area contributed by atoms with E-state index in [0.717, 1.165) is 54.4 Å². The van der Waals surface area contributed by atoms with Crippen LogP contribution in [-0.2, 0) is 4.79 Å². The molecule has 0 spiro atoms. The van der Waals surface area contributed by atoms with Gasteiger partial charge in [0.25, 0.3) is 0 Å². The number of nitrogens with one attached hydrogen (secondary N) is 1. The van der Waals surface area contributed by atoms with Gasteiger partial charge in [-0.3, -0.25) is 9.78 Å². The van der Waals surface area contributed by atoms with Crippen molar-refractivity contribution in [3.8, 4) is 5.88 Å². The van der Waals surface area contributed by atoms with E-state index in [1.807, 2.05) is 13.0 Å². The van der Waals surface area contributed by atoms with Gasteiger partial charge in [-0.05, 0) is 85.3 Å². The predicted molar refractivity (Wildman–Crippen MR) is 122 cm³/mol. The van der Waals surface area contributed by atoms with Gasteiger partial charge >= 0.3 is 6.36 Å². The Balaban J connectivity index is 1.19. The van der Waals surface area contributed by atoms with Crippen LogP contribution < -0.4 is 10.1 Å². The second-order valence-electron chi connectivity index (χ2n) is 9.69. The molecule has 35 heavy (non-hydrogen) atoms. The Bertz CT molecular complexity index is 1220. The molecule has 1 aromatic carbocycles. The molecule has 2 aliphatic rings. The number of halogens is 4. The number of aromatic nitrogens is 2. The summed E-state index contributed by atoms with van der Waals surface area (Å²) in [5.41, 5.74) is 2.28. The molecule has 1 N–H and O–H groups in total. The van der Waals surface area contributed by atoms with E-state index in [0.29, 0.717) is 23.4 Å². The number of hydrogen-bond donors (Lipinski definition) is 1. The van der Waals surface area contributed by atoms with E-state index >= 15 is 0 Å². The highest BCUT2D eigenvalue weighted by Gasteiger charge is 2.44. The summed E-state index contributed by atoms with van der Waals surface area (Å²) >= 11 is 0. The second-order valence-corrected chi connectivity index (χ2v) is 9.69. The number of fused-ring (bicyclic) bond motifs is 2. The standard InChI is InChI=1S/C26H25F4N3O2/c1-14(25(34)33-20-3-5-24(32-13-20)35-26(28,29)30)15-8-16-10-18(11-17(16)9-15)21-6-7-31-23-4-2-19(27)12-22(21)23/h2-7,12-18H,8-11H2,1H3,(H,33,34)/t14-,15-,16-,17+,18+/m1/s1. The highest BCUT2D eigenvalue weighted by molar-refractivity contribution is 5.92. The van der Waals surface area contributed by atoms with Crippen molar-refractivity contribution in [3.05, 3.63) is 60.2 Å². The Kier molecular flexibility index (Phi) is 6.11. The van der Waals surface area contributed by atoms with Crippen molar-refractivity contribution < 1.29 is 27.1 Å². The normalized spacial score (nSPS) is 24.8. The molecular weight excluding hydrogens is 462 g/mol. The molecule has 184 valence electrons. The maximum absolute atomic E-state index is 13.9. The summed E-state index contributed by atoms with van der Waals surface area (Å²) < 4.78 is 54.5. The van der Waals surface area contributed by atoms with Crippen molar-refractivity contribution in [2.75, 3.05) is 5.32 Å². The Morgan fingerprint density at radius 3 is 2.46 bits per heavy atom. The molecule has 2 aliphatic carbocycles. The maximum atomic E-state index is 13.9. The van der Waals surface area contributed by atoms with Gasteiger partial charge in [-0.2, -0.15) is 0 Å². The minimum absolute atomic E-state index is 0.173. The molecule has 5 rings (SSSR count). The van der Waals surface area contributed by atoms with Crippen molar-refractivity contribution in [2.24, 2.45) is 23.7 Å². The third-order valence-corrected chi connectivity index (χ3v) is 7.57. The van der Waals surface area contributed by atoms with Gasteiger partial charge in [0.2, 0.25) is 11.8 Å². The summed E-state index contributed by atoms with van der Waals surface area (Å²) in [5.74, 6) is 0.364. The Hall–Kier alpha value is -3.23. The van der Waals surface area contributed by atoms with Crippen LogP contribution in [0, 0.1) is 29.5 Å². The number of benzene rings is 1. The van der Waals surface area contributed by atoms with Crippen molar-refractivity contribution in [2.45, 2.75) is 44.9 Å². The summed E-state index contributed by atoms with van der Waals surface area (Å²) in [7, 11) is 0. The first-order valence-corrected chi connectivity index (χ1v) is 11.7. The molecule has 0 bridgehead atoms. The molecule has 2 aromatic heterocycles. The molecule has 0 radical (unpaired) electrons. The second kappa shape index (κ2) is 9.09. The number of anilines is 1. The monoisotopic (exact) mass is 487 g/mol. The summed E-state index contributed by atoms with van der Waals surface area (Å²) in [6, 6.07) is 9.13. The lowest BCUT2D eigenvalue weighted by Crippen LogP contribution is -2.26. The summed E-state index contributed by atoms with van der Waals surface area (Å²) in [4.78, 5) is 20.8. The van der Waals surface area contributed by atoms with Gasteiger partial charge in [0.15, 0.2) is 0 Å². The quantitative estimate of drug-likeness (QED) is 0.420. The van der Waals surface area contributed by atoms with Gasteiger partial charge in [0.05, 0.1) is 17.4 Å². The zero-order chi connectivity index (χ0) is 24.7. The summed E-state index contributed by atoms with van der Waals surface area (Å²) in [6.07, 6.45) is 2.04. The molecule has 2 fully saturated rings. The molecule has 5 atom stereocenters. The minimum Gasteiger partial charge on any atom is -0.388 e. The number of amides is 1. The number of carbonyl (C=O) groups excluding carboxylic acids is 1. The SMILES string of the molecule is C[C@@H](C(=O)Nc1ccc(OC(F)(F)F)nc1)[C@H]1C[C@H]2C[C@@H](c3ccnc4ccc(F)cc34)C[C@H]2C1. The van der Waals surface area contributed by atoms with Gasteiger partial charge in [0, 0.05) is 23.6 Å². The Labute approximate surface area is 199 Å².